The highest BCUT2D eigenvalue weighted by atomic mass is 19.4. The second kappa shape index (κ2) is 7.25. The van der Waals surface area contributed by atoms with Gasteiger partial charge in [0.2, 0.25) is 5.89 Å². The molecule has 0 aromatic carbocycles. The fourth-order valence-electron chi connectivity index (χ4n) is 2.41. The van der Waals surface area contributed by atoms with Crippen molar-refractivity contribution in [3.8, 4) is 11.5 Å². The third-order valence-corrected chi connectivity index (χ3v) is 3.70. The molecule has 142 valence electrons. The Morgan fingerprint density at radius 1 is 1.19 bits per heavy atom. The summed E-state index contributed by atoms with van der Waals surface area (Å²) >= 11 is 0. The van der Waals surface area contributed by atoms with Crippen LogP contribution in [0.2, 0.25) is 0 Å². The Hall–Kier alpha value is -3.11. The molecule has 0 fully saturated rings. The molecule has 3 heterocycles. The monoisotopic (exact) mass is 386 g/mol. The van der Waals surface area contributed by atoms with Crippen LogP contribution in [0.25, 0.3) is 11.5 Å². The molecule has 0 saturated carbocycles. The fourth-order valence-corrected chi connectivity index (χ4v) is 2.41. The van der Waals surface area contributed by atoms with E-state index in [-0.39, 0.29) is 30.0 Å². The molecule has 0 bridgehead atoms. The van der Waals surface area contributed by atoms with E-state index in [9.17, 15) is 26.7 Å². The van der Waals surface area contributed by atoms with Crippen LogP contribution in [0.4, 0.5) is 22.0 Å². The number of nitrogens with zero attached hydrogens (tertiary/aromatic N) is 4. The number of hydrogen-bond acceptors (Lipinski definition) is 5. The van der Waals surface area contributed by atoms with E-state index in [2.05, 4.69) is 15.2 Å². The summed E-state index contributed by atoms with van der Waals surface area (Å²) in [5, 5.41) is 6.60. The van der Waals surface area contributed by atoms with Crippen LogP contribution in [0.3, 0.4) is 0 Å². The fraction of sp³-hybridized carbons (Fsp3) is 0.250. The highest BCUT2D eigenvalue weighted by Crippen LogP contribution is 2.31. The molecular weight excluding hydrogens is 375 g/mol. The van der Waals surface area contributed by atoms with Gasteiger partial charge in [-0.15, -0.1) is 10.2 Å². The second-order valence-corrected chi connectivity index (χ2v) is 5.47. The van der Waals surface area contributed by atoms with Crippen LogP contribution in [-0.4, -0.2) is 19.7 Å². The molecule has 0 unspecified atom stereocenters. The van der Waals surface area contributed by atoms with Crippen molar-refractivity contribution in [2.75, 3.05) is 0 Å². The van der Waals surface area contributed by atoms with Crippen molar-refractivity contribution in [3.63, 3.8) is 0 Å². The maximum Gasteiger partial charge on any atom is 0.416 e. The van der Waals surface area contributed by atoms with Crippen molar-refractivity contribution >= 4 is 0 Å². The number of hydrogen-bond donors (Lipinski definition) is 0. The minimum Gasteiger partial charge on any atom is -0.415 e. The van der Waals surface area contributed by atoms with Gasteiger partial charge in [-0.3, -0.25) is 9.78 Å². The Labute approximate surface area is 148 Å². The number of pyridine rings is 2. The number of halogens is 5. The van der Waals surface area contributed by atoms with E-state index in [1.807, 2.05) is 0 Å². The number of alkyl halides is 5. The molecule has 0 aliphatic carbocycles. The van der Waals surface area contributed by atoms with Gasteiger partial charge in [0.15, 0.2) is 0 Å². The van der Waals surface area contributed by atoms with Crippen LogP contribution in [0, 0.1) is 0 Å². The molecule has 0 atom stereocenters. The molecule has 6 nitrogen and oxygen atoms in total. The molecule has 0 saturated heterocycles. The van der Waals surface area contributed by atoms with Crippen LogP contribution in [0.1, 0.15) is 23.4 Å². The third-order valence-electron chi connectivity index (χ3n) is 3.70. The Morgan fingerprint density at radius 2 is 1.96 bits per heavy atom. The van der Waals surface area contributed by atoms with Gasteiger partial charge in [-0.25, -0.2) is 0 Å². The highest BCUT2D eigenvalue weighted by molar-refractivity contribution is 5.50. The van der Waals surface area contributed by atoms with Gasteiger partial charge in [0.1, 0.15) is 0 Å². The van der Waals surface area contributed by atoms with Crippen molar-refractivity contribution in [3.05, 3.63) is 64.2 Å². The van der Waals surface area contributed by atoms with Gasteiger partial charge in [-0.05, 0) is 24.1 Å². The SMILES string of the molecule is O=c1cc(-c2nnc(C(F)F)o2)ccn1CCc1cnccc1C(F)(F)F. The smallest absolute Gasteiger partial charge is 0.415 e. The van der Waals surface area contributed by atoms with E-state index < -0.39 is 29.6 Å². The van der Waals surface area contributed by atoms with Crippen molar-refractivity contribution in [2.45, 2.75) is 25.6 Å². The van der Waals surface area contributed by atoms with Crippen molar-refractivity contribution < 1.29 is 26.4 Å². The summed E-state index contributed by atoms with van der Waals surface area (Å²) in [7, 11) is 0. The lowest BCUT2D eigenvalue weighted by Crippen LogP contribution is -2.20. The van der Waals surface area contributed by atoms with Crippen LogP contribution < -0.4 is 5.56 Å². The molecule has 3 rings (SSSR count). The minimum atomic E-state index is -4.52. The molecule has 3 aromatic heterocycles. The first-order valence-electron chi connectivity index (χ1n) is 7.58. The Morgan fingerprint density at radius 3 is 2.59 bits per heavy atom. The summed E-state index contributed by atoms with van der Waals surface area (Å²) < 4.78 is 69.8. The van der Waals surface area contributed by atoms with Crippen molar-refractivity contribution in [1.29, 1.82) is 0 Å². The summed E-state index contributed by atoms with van der Waals surface area (Å²) in [6.45, 7) is -0.0278. The summed E-state index contributed by atoms with van der Waals surface area (Å²) in [5.74, 6) is -1.12. The Kier molecular flexibility index (Phi) is 5.02. The molecule has 11 heteroatoms. The predicted molar refractivity (Wildman–Crippen MR) is 81.9 cm³/mol. The standard InChI is InChI=1S/C16H11F5N4O2/c17-13(18)15-24-23-14(27-15)9-2-5-25(12(26)7-9)6-3-10-8-22-4-1-11(10)16(19,20)21/h1-2,4-5,7-8,13H,3,6H2. The van der Waals surface area contributed by atoms with Gasteiger partial charge < -0.3 is 8.98 Å². The van der Waals surface area contributed by atoms with E-state index in [0.29, 0.717) is 0 Å². The van der Waals surface area contributed by atoms with E-state index in [0.717, 1.165) is 24.5 Å². The summed E-state index contributed by atoms with van der Waals surface area (Å²) in [5.41, 5.74) is -1.28. The number of rotatable bonds is 5. The number of aryl methyl sites for hydroxylation is 2. The van der Waals surface area contributed by atoms with Crippen LogP contribution in [0.15, 0.2) is 46.0 Å². The van der Waals surface area contributed by atoms with Crippen LogP contribution in [-0.2, 0) is 19.1 Å². The van der Waals surface area contributed by atoms with Gasteiger partial charge in [0.05, 0.1) is 5.56 Å². The largest absolute Gasteiger partial charge is 0.416 e. The molecular formula is C16H11F5N4O2. The molecule has 0 spiro atoms. The zero-order valence-corrected chi connectivity index (χ0v) is 13.5. The maximum atomic E-state index is 13.0. The van der Waals surface area contributed by atoms with Gasteiger partial charge >= 0.3 is 12.6 Å². The van der Waals surface area contributed by atoms with E-state index >= 15 is 0 Å². The lowest BCUT2D eigenvalue weighted by atomic mass is 10.1. The van der Waals surface area contributed by atoms with E-state index in [1.54, 1.807) is 0 Å². The average molecular weight is 386 g/mol. The quantitative estimate of drug-likeness (QED) is 0.628. The minimum absolute atomic E-state index is 0.0278. The normalized spacial score (nSPS) is 11.9. The summed E-state index contributed by atoms with van der Waals surface area (Å²) in [6, 6.07) is 3.33. The molecule has 0 aliphatic heterocycles. The first-order chi connectivity index (χ1) is 12.8. The van der Waals surface area contributed by atoms with Gasteiger partial charge in [-0.1, -0.05) is 0 Å². The lowest BCUT2D eigenvalue weighted by molar-refractivity contribution is -0.138. The van der Waals surface area contributed by atoms with E-state index in [1.165, 1.54) is 16.8 Å². The summed E-state index contributed by atoms with van der Waals surface area (Å²) in [6.07, 6.45) is -4.06. The lowest BCUT2D eigenvalue weighted by Gasteiger charge is -2.12. The predicted octanol–water partition coefficient (Wildman–Crippen LogP) is 3.49. The molecule has 0 N–H and O–H groups in total. The zero-order valence-electron chi connectivity index (χ0n) is 13.5. The first kappa shape index (κ1) is 18.7. The molecule has 0 radical (unpaired) electrons. The Balaban J connectivity index is 1.79. The van der Waals surface area contributed by atoms with Crippen LogP contribution in [0.5, 0.6) is 0 Å². The van der Waals surface area contributed by atoms with Crippen LogP contribution >= 0.6 is 0 Å². The zero-order chi connectivity index (χ0) is 19.6. The molecule has 27 heavy (non-hydrogen) atoms. The second-order valence-electron chi connectivity index (χ2n) is 5.47. The number of aromatic nitrogens is 4. The molecule has 0 aliphatic rings. The average Bonchev–Trinajstić information content (AvgIpc) is 3.10. The van der Waals surface area contributed by atoms with Crippen molar-refractivity contribution in [2.24, 2.45) is 0 Å². The van der Waals surface area contributed by atoms with E-state index in [4.69, 9.17) is 4.42 Å². The van der Waals surface area contributed by atoms with Gasteiger partial charge in [0.25, 0.3) is 11.4 Å². The van der Waals surface area contributed by atoms with Crippen molar-refractivity contribution in [1.82, 2.24) is 19.7 Å². The Bertz CT molecular complexity index is 997. The van der Waals surface area contributed by atoms with Gasteiger partial charge in [0, 0.05) is 36.8 Å². The highest BCUT2D eigenvalue weighted by Gasteiger charge is 2.33. The first-order valence-corrected chi connectivity index (χ1v) is 7.58. The van der Waals surface area contributed by atoms with Gasteiger partial charge in [-0.2, -0.15) is 22.0 Å². The summed E-state index contributed by atoms with van der Waals surface area (Å²) in [4.78, 5) is 15.8. The molecule has 0 amide bonds. The molecule has 3 aromatic rings. The maximum absolute atomic E-state index is 13.0. The topological polar surface area (TPSA) is 73.8 Å². The third kappa shape index (κ3) is 4.18.